The molecular weight excluding hydrogens is 385 g/mol. The Balaban J connectivity index is 2.10. The van der Waals surface area contributed by atoms with E-state index in [1.54, 1.807) is 38.5 Å². The van der Waals surface area contributed by atoms with E-state index in [0.29, 0.717) is 34.1 Å². The Kier molecular flexibility index (Phi) is 5.92. The third-order valence-corrected chi connectivity index (χ3v) is 4.57. The lowest BCUT2D eigenvalue weighted by atomic mass is 9.99. The number of methoxy groups -OCH3 is 3. The van der Waals surface area contributed by atoms with Gasteiger partial charge in [-0.3, -0.25) is 0 Å². The minimum absolute atomic E-state index is 0.155. The fourth-order valence-electron chi connectivity index (χ4n) is 2.96. The summed E-state index contributed by atoms with van der Waals surface area (Å²) >= 11 is 0. The van der Waals surface area contributed by atoms with E-state index in [-0.39, 0.29) is 5.75 Å². The summed E-state index contributed by atoms with van der Waals surface area (Å²) in [5.74, 6) is 1.71. The van der Waals surface area contributed by atoms with Crippen molar-refractivity contribution < 1.29 is 32.7 Å². The second kappa shape index (κ2) is 8.37. The molecule has 1 unspecified atom stereocenters. The van der Waals surface area contributed by atoms with Crippen molar-refractivity contribution in [2.24, 2.45) is 0 Å². The molecule has 3 aromatic rings. The third kappa shape index (κ3) is 3.83. The number of nitrogens with zero attached hydrogens (tertiary/aromatic N) is 1. The fourth-order valence-corrected chi connectivity index (χ4v) is 3.31. The van der Waals surface area contributed by atoms with Crippen LogP contribution in [-0.4, -0.2) is 31.4 Å². The maximum atomic E-state index is 11.1. The Hall–Kier alpha value is -2.96. The molecule has 2 aromatic carbocycles. The largest absolute Gasteiger partial charge is 0.493 e. The number of aromatic nitrogens is 1. The molecule has 3 rings (SSSR count). The molecule has 0 aliphatic carbocycles. The van der Waals surface area contributed by atoms with E-state index in [4.69, 9.17) is 28.2 Å². The molecule has 0 fully saturated rings. The van der Waals surface area contributed by atoms with Crippen LogP contribution in [0.2, 0.25) is 0 Å². The Morgan fingerprint density at radius 3 is 2.32 bits per heavy atom. The summed E-state index contributed by atoms with van der Waals surface area (Å²) in [6.07, 6.45) is 1.50. The first-order chi connectivity index (χ1) is 13.5. The minimum Gasteiger partial charge on any atom is -0.493 e. The normalized spacial score (nSPS) is 11.8. The van der Waals surface area contributed by atoms with Gasteiger partial charge in [0, 0.05) is 11.1 Å². The lowest BCUT2D eigenvalue weighted by Crippen LogP contribution is -1.95. The van der Waals surface area contributed by atoms with Crippen molar-refractivity contribution in [2.45, 2.75) is 6.92 Å². The van der Waals surface area contributed by atoms with Crippen LogP contribution >= 0.6 is 8.25 Å². The Bertz CT molecular complexity index is 1020. The van der Waals surface area contributed by atoms with Gasteiger partial charge >= 0.3 is 8.25 Å². The number of rotatable bonds is 7. The number of benzene rings is 2. The topological polar surface area (TPSA) is 100 Å². The SMILES string of the molecule is COc1ccc(-c2conc2-c2cc(C)c(OC)c(OC)c2)cc1O[PH](=O)O. The van der Waals surface area contributed by atoms with Gasteiger partial charge in [-0.2, -0.15) is 0 Å². The van der Waals surface area contributed by atoms with Gasteiger partial charge in [0.25, 0.3) is 0 Å². The number of hydrogen-bond donors (Lipinski definition) is 1. The molecule has 0 aliphatic heterocycles. The first-order valence-corrected chi connectivity index (χ1v) is 9.51. The molecule has 9 heteroatoms. The average molecular weight is 405 g/mol. The summed E-state index contributed by atoms with van der Waals surface area (Å²) in [7, 11) is 1.41. The van der Waals surface area contributed by atoms with Crippen molar-refractivity contribution in [3.05, 3.63) is 42.2 Å². The lowest BCUT2D eigenvalue weighted by molar-refractivity contribution is 0.353. The Morgan fingerprint density at radius 2 is 1.68 bits per heavy atom. The van der Waals surface area contributed by atoms with Crippen LogP contribution in [0.5, 0.6) is 23.0 Å². The molecule has 1 atom stereocenters. The molecule has 1 N–H and O–H groups in total. The fraction of sp³-hybridized carbons (Fsp3) is 0.211. The molecule has 0 aliphatic rings. The molecular formula is C19H20NO7P. The molecule has 0 saturated heterocycles. The Labute approximate surface area is 162 Å². The average Bonchev–Trinajstić information content (AvgIpc) is 3.16. The molecule has 148 valence electrons. The van der Waals surface area contributed by atoms with Crippen molar-refractivity contribution in [1.82, 2.24) is 5.16 Å². The van der Waals surface area contributed by atoms with Crippen LogP contribution in [-0.2, 0) is 4.57 Å². The lowest BCUT2D eigenvalue weighted by Gasteiger charge is -2.13. The van der Waals surface area contributed by atoms with Crippen molar-refractivity contribution in [1.29, 1.82) is 0 Å². The summed E-state index contributed by atoms with van der Waals surface area (Å²) in [5, 5.41) is 4.12. The second-order valence-corrected chi connectivity index (χ2v) is 6.58. The highest BCUT2D eigenvalue weighted by molar-refractivity contribution is 7.32. The Morgan fingerprint density at radius 1 is 0.964 bits per heavy atom. The molecule has 0 radical (unpaired) electrons. The van der Waals surface area contributed by atoms with Crippen LogP contribution in [0.25, 0.3) is 22.4 Å². The van der Waals surface area contributed by atoms with E-state index >= 15 is 0 Å². The van der Waals surface area contributed by atoms with Crippen molar-refractivity contribution in [2.75, 3.05) is 21.3 Å². The molecule has 0 spiro atoms. The standard InChI is InChI=1S/C19H20NO7P/c1-11-7-13(9-17(24-3)19(11)25-4)18-14(10-26-20-18)12-5-6-15(23-2)16(8-12)27-28(21)22/h5-10,28H,1-4H3,(H,21,22). The van der Waals surface area contributed by atoms with E-state index in [0.717, 1.165) is 11.1 Å². The van der Waals surface area contributed by atoms with Gasteiger partial charge in [-0.05, 0) is 42.3 Å². The molecule has 8 nitrogen and oxygen atoms in total. The van der Waals surface area contributed by atoms with E-state index in [9.17, 15) is 4.57 Å². The summed E-state index contributed by atoms with van der Waals surface area (Å²) in [6.45, 7) is 1.91. The maximum Gasteiger partial charge on any atom is 0.365 e. The van der Waals surface area contributed by atoms with E-state index in [1.165, 1.54) is 13.4 Å². The van der Waals surface area contributed by atoms with E-state index in [2.05, 4.69) is 5.16 Å². The maximum absolute atomic E-state index is 11.1. The van der Waals surface area contributed by atoms with Gasteiger partial charge < -0.3 is 28.2 Å². The quantitative estimate of drug-likeness (QED) is 0.587. The summed E-state index contributed by atoms with van der Waals surface area (Å²) in [4.78, 5) is 9.13. The zero-order valence-corrected chi connectivity index (χ0v) is 16.8. The van der Waals surface area contributed by atoms with Gasteiger partial charge in [0.05, 0.1) is 21.3 Å². The molecule has 28 heavy (non-hydrogen) atoms. The van der Waals surface area contributed by atoms with Gasteiger partial charge in [-0.1, -0.05) is 11.2 Å². The number of ether oxygens (including phenoxy) is 3. The molecule has 0 saturated carbocycles. The molecule has 1 aromatic heterocycles. The number of hydrogen-bond acceptors (Lipinski definition) is 7. The van der Waals surface area contributed by atoms with Crippen LogP contribution in [0.1, 0.15) is 5.56 Å². The molecule has 0 bridgehead atoms. The number of aryl methyl sites for hydroxylation is 1. The van der Waals surface area contributed by atoms with Crippen molar-refractivity contribution in [3.63, 3.8) is 0 Å². The minimum atomic E-state index is -3.19. The predicted molar refractivity (Wildman–Crippen MR) is 104 cm³/mol. The molecule has 0 amide bonds. The highest BCUT2D eigenvalue weighted by Gasteiger charge is 2.18. The van der Waals surface area contributed by atoms with Gasteiger partial charge in [0.2, 0.25) is 0 Å². The third-order valence-electron chi connectivity index (χ3n) is 4.18. The van der Waals surface area contributed by atoms with Crippen LogP contribution < -0.4 is 18.7 Å². The van der Waals surface area contributed by atoms with Crippen LogP contribution in [0, 0.1) is 6.92 Å². The van der Waals surface area contributed by atoms with E-state index in [1.807, 2.05) is 13.0 Å². The monoisotopic (exact) mass is 405 g/mol. The zero-order chi connectivity index (χ0) is 20.3. The van der Waals surface area contributed by atoms with Crippen molar-refractivity contribution in [3.8, 4) is 45.4 Å². The molecule has 1 heterocycles. The van der Waals surface area contributed by atoms with Gasteiger partial charge in [-0.25, -0.2) is 4.57 Å². The first-order valence-electron chi connectivity index (χ1n) is 8.25. The summed E-state index contributed by atoms with van der Waals surface area (Å²) < 4.78 is 37.3. The highest BCUT2D eigenvalue weighted by Crippen LogP contribution is 2.41. The summed E-state index contributed by atoms with van der Waals surface area (Å²) in [5.41, 5.74) is 3.59. The smallest absolute Gasteiger partial charge is 0.365 e. The second-order valence-electron chi connectivity index (χ2n) is 5.84. The van der Waals surface area contributed by atoms with Crippen LogP contribution in [0.15, 0.2) is 41.1 Å². The zero-order valence-electron chi connectivity index (χ0n) is 15.8. The van der Waals surface area contributed by atoms with E-state index < -0.39 is 8.25 Å². The predicted octanol–water partition coefficient (Wildman–Crippen LogP) is 4.10. The van der Waals surface area contributed by atoms with Crippen LogP contribution in [0.3, 0.4) is 0 Å². The van der Waals surface area contributed by atoms with Crippen LogP contribution in [0.4, 0.5) is 0 Å². The van der Waals surface area contributed by atoms with Gasteiger partial charge in [0.1, 0.15) is 12.0 Å². The highest BCUT2D eigenvalue weighted by atomic mass is 31.1. The van der Waals surface area contributed by atoms with Gasteiger partial charge in [0.15, 0.2) is 23.0 Å². The summed E-state index contributed by atoms with van der Waals surface area (Å²) in [6, 6.07) is 8.74. The van der Waals surface area contributed by atoms with Gasteiger partial charge in [-0.15, -0.1) is 0 Å². The first kappa shape index (κ1) is 19.8. The van der Waals surface area contributed by atoms with Crippen molar-refractivity contribution >= 4 is 8.25 Å².